The summed E-state index contributed by atoms with van der Waals surface area (Å²) in [5, 5.41) is 0. The van der Waals surface area contributed by atoms with E-state index in [1.165, 1.54) is 22.3 Å². The monoisotopic (exact) mass is 260 g/mol. The largest absolute Gasteiger partial charge is 0.298 e. The molecule has 0 unspecified atom stereocenters. The van der Waals surface area contributed by atoms with Gasteiger partial charge in [-0.3, -0.25) is 4.79 Å². The average Bonchev–Trinajstić information content (AvgIpc) is 2.81. The highest BCUT2D eigenvalue weighted by atomic mass is 16.1. The third kappa shape index (κ3) is 1.41. The second-order valence-electron chi connectivity index (χ2n) is 5.69. The number of Topliss-reactive ketones (excluding diaryl/α,β-unsaturated/α-hetero) is 1. The van der Waals surface area contributed by atoms with Gasteiger partial charge in [-0.15, -0.1) is 0 Å². The Hall–Kier alpha value is -2.15. The average molecular weight is 260 g/mol. The second-order valence-corrected chi connectivity index (χ2v) is 5.69. The molecule has 1 heteroatoms. The number of carbonyl (C=O) groups excluding carboxylic acids is 1. The fraction of sp³-hybridized carbons (Fsp3) is 0.211. The van der Waals surface area contributed by atoms with Crippen LogP contribution >= 0.6 is 0 Å². The lowest BCUT2D eigenvalue weighted by Gasteiger charge is -2.30. The van der Waals surface area contributed by atoms with Crippen molar-refractivity contribution in [3.05, 3.63) is 70.8 Å². The lowest BCUT2D eigenvalue weighted by molar-refractivity contribution is -0.121. The Balaban J connectivity index is 2.11. The van der Waals surface area contributed by atoms with Gasteiger partial charge < -0.3 is 0 Å². The van der Waals surface area contributed by atoms with E-state index in [1.807, 2.05) is 24.3 Å². The van der Waals surface area contributed by atoms with Crippen LogP contribution in [-0.4, -0.2) is 5.78 Å². The van der Waals surface area contributed by atoms with E-state index in [0.717, 1.165) is 12.8 Å². The summed E-state index contributed by atoms with van der Waals surface area (Å²) in [5.74, 6) is 0.376. The second kappa shape index (κ2) is 4.17. The molecule has 0 aromatic heterocycles. The van der Waals surface area contributed by atoms with Crippen molar-refractivity contribution in [2.75, 3.05) is 0 Å². The van der Waals surface area contributed by atoms with Crippen LogP contribution in [0, 0.1) is 0 Å². The number of fused-ring (bicyclic) bond motifs is 4. The van der Waals surface area contributed by atoms with Crippen molar-refractivity contribution in [3.8, 4) is 0 Å². The maximum absolute atomic E-state index is 12.8. The van der Waals surface area contributed by atoms with Crippen LogP contribution < -0.4 is 0 Å². The SMILES string of the molecule is O=C1CCCC12c1ccccc1C=Cc1ccccc12. The maximum atomic E-state index is 12.8. The molecule has 0 aliphatic heterocycles. The van der Waals surface area contributed by atoms with E-state index >= 15 is 0 Å². The van der Waals surface area contributed by atoms with E-state index in [2.05, 4.69) is 36.4 Å². The Bertz CT molecular complexity index is 675. The Morgan fingerprint density at radius 1 is 0.800 bits per heavy atom. The predicted molar refractivity (Wildman–Crippen MR) is 81.5 cm³/mol. The van der Waals surface area contributed by atoms with Crippen molar-refractivity contribution >= 4 is 17.9 Å². The molecule has 4 rings (SSSR count). The first-order chi connectivity index (χ1) is 9.82. The molecule has 98 valence electrons. The van der Waals surface area contributed by atoms with Gasteiger partial charge in [0.1, 0.15) is 5.78 Å². The molecule has 0 saturated heterocycles. The van der Waals surface area contributed by atoms with Gasteiger partial charge in [-0.25, -0.2) is 0 Å². The van der Waals surface area contributed by atoms with Gasteiger partial charge in [-0.2, -0.15) is 0 Å². The molecular formula is C19H16O. The first-order valence-electron chi connectivity index (χ1n) is 7.23. The number of ketones is 1. The molecule has 2 aliphatic rings. The fourth-order valence-electron chi connectivity index (χ4n) is 3.82. The molecule has 1 saturated carbocycles. The highest BCUT2D eigenvalue weighted by Crippen LogP contribution is 2.48. The first-order valence-corrected chi connectivity index (χ1v) is 7.23. The number of hydrogen-bond donors (Lipinski definition) is 0. The third-order valence-electron chi connectivity index (χ3n) is 4.72. The topological polar surface area (TPSA) is 17.1 Å². The van der Waals surface area contributed by atoms with Crippen molar-refractivity contribution in [2.24, 2.45) is 0 Å². The normalized spacial score (nSPS) is 18.7. The quantitative estimate of drug-likeness (QED) is 0.693. The van der Waals surface area contributed by atoms with Gasteiger partial charge in [0.2, 0.25) is 0 Å². The van der Waals surface area contributed by atoms with Crippen molar-refractivity contribution in [3.63, 3.8) is 0 Å². The Kier molecular flexibility index (Phi) is 2.43. The van der Waals surface area contributed by atoms with Gasteiger partial charge in [-0.05, 0) is 35.1 Å². The zero-order chi connectivity index (χ0) is 13.6. The molecule has 0 amide bonds. The van der Waals surface area contributed by atoms with Gasteiger partial charge in [-0.1, -0.05) is 60.7 Å². The van der Waals surface area contributed by atoms with Crippen LogP contribution in [0.3, 0.4) is 0 Å². The summed E-state index contributed by atoms with van der Waals surface area (Å²) in [6, 6.07) is 16.7. The van der Waals surface area contributed by atoms with Crippen LogP contribution in [0.1, 0.15) is 41.5 Å². The fourth-order valence-corrected chi connectivity index (χ4v) is 3.82. The van der Waals surface area contributed by atoms with Crippen LogP contribution in [-0.2, 0) is 10.2 Å². The number of benzene rings is 2. The van der Waals surface area contributed by atoms with Crippen LogP contribution in [0.4, 0.5) is 0 Å². The summed E-state index contributed by atoms with van der Waals surface area (Å²) in [6.07, 6.45) is 6.91. The van der Waals surface area contributed by atoms with Crippen molar-refractivity contribution < 1.29 is 4.79 Å². The Morgan fingerprint density at radius 3 is 1.85 bits per heavy atom. The third-order valence-corrected chi connectivity index (χ3v) is 4.72. The smallest absolute Gasteiger partial charge is 0.147 e. The summed E-state index contributed by atoms with van der Waals surface area (Å²) in [5.41, 5.74) is 4.31. The predicted octanol–water partition coefficient (Wildman–Crippen LogP) is 4.21. The molecule has 0 atom stereocenters. The van der Waals surface area contributed by atoms with Crippen molar-refractivity contribution in [1.82, 2.24) is 0 Å². The van der Waals surface area contributed by atoms with Gasteiger partial charge in [0, 0.05) is 6.42 Å². The van der Waals surface area contributed by atoms with Crippen LogP contribution in [0.15, 0.2) is 48.5 Å². The van der Waals surface area contributed by atoms with Crippen LogP contribution in [0.5, 0.6) is 0 Å². The summed E-state index contributed by atoms with van der Waals surface area (Å²) >= 11 is 0. The van der Waals surface area contributed by atoms with E-state index in [-0.39, 0.29) is 0 Å². The van der Waals surface area contributed by atoms with Gasteiger partial charge in [0.25, 0.3) is 0 Å². The molecular weight excluding hydrogens is 244 g/mol. The molecule has 0 bridgehead atoms. The molecule has 2 aromatic carbocycles. The van der Waals surface area contributed by atoms with Crippen molar-refractivity contribution in [1.29, 1.82) is 0 Å². The zero-order valence-corrected chi connectivity index (χ0v) is 11.3. The van der Waals surface area contributed by atoms with Gasteiger partial charge in [0.15, 0.2) is 0 Å². The number of carbonyl (C=O) groups is 1. The molecule has 1 nitrogen and oxygen atoms in total. The van der Waals surface area contributed by atoms with Crippen LogP contribution in [0.25, 0.3) is 12.2 Å². The Morgan fingerprint density at radius 2 is 1.35 bits per heavy atom. The molecule has 1 spiro atoms. The Labute approximate surface area is 119 Å². The lowest BCUT2D eigenvalue weighted by Crippen LogP contribution is -2.33. The molecule has 2 aromatic rings. The van der Waals surface area contributed by atoms with Crippen molar-refractivity contribution in [2.45, 2.75) is 24.7 Å². The molecule has 20 heavy (non-hydrogen) atoms. The molecule has 0 N–H and O–H groups in total. The van der Waals surface area contributed by atoms with E-state index in [4.69, 9.17) is 0 Å². The lowest BCUT2D eigenvalue weighted by atomic mass is 9.70. The van der Waals surface area contributed by atoms with E-state index in [0.29, 0.717) is 12.2 Å². The number of hydrogen-bond acceptors (Lipinski definition) is 1. The van der Waals surface area contributed by atoms with Crippen LogP contribution in [0.2, 0.25) is 0 Å². The molecule has 1 fully saturated rings. The molecule has 0 radical (unpaired) electrons. The van der Waals surface area contributed by atoms with E-state index in [1.54, 1.807) is 0 Å². The first kappa shape index (κ1) is 11.7. The minimum atomic E-state index is -0.420. The minimum absolute atomic E-state index is 0.376. The summed E-state index contributed by atoms with van der Waals surface area (Å²) in [4.78, 5) is 12.8. The summed E-state index contributed by atoms with van der Waals surface area (Å²) < 4.78 is 0. The molecule has 2 aliphatic carbocycles. The number of rotatable bonds is 0. The maximum Gasteiger partial charge on any atom is 0.147 e. The standard InChI is InChI=1S/C19H16O/c20-18-10-5-13-19(18)16-8-3-1-6-14(16)11-12-15-7-2-4-9-17(15)19/h1-4,6-9,11-12H,5,10,13H2. The van der Waals surface area contributed by atoms with Gasteiger partial charge >= 0.3 is 0 Å². The summed E-state index contributed by atoms with van der Waals surface area (Å²) in [7, 11) is 0. The van der Waals surface area contributed by atoms with E-state index in [9.17, 15) is 4.79 Å². The van der Waals surface area contributed by atoms with E-state index < -0.39 is 5.41 Å². The zero-order valence-electron chi connectivity index (χ0n) is 11.3. The highest BCUT2D eigenvalue weighted by Gasteiger charge is 2.47. The minimum Gasteiger partial charge on any atom is -0.298 e. The molecule has 0 heterocycles. The highest BCUT2D eigenvalue weighted by molar-refractivity contribution is 5.99. The summed E-state index contributed by atoms with van der Waals surface area (Å²) in [6.45, 7) is 0. The van der Waals surface area contributed by atoms with Gasteiger partial charge in [0.05, 0.1) is 5.41 Å².